The van der Waals surface area contributed by atoms with Gasteiger partial charge in [-0.3, -0.25) is 4.79 Å². The molecule has 0 radical (unpaired) electrons. The molecular formula is C21H24N2O2. The summed E-state index contributed by atoms with van der Waals surface area (Å²) < 4.78 is 5.83. The average molecular weight is 336 g/mol. The molecule has 1 aliphatic heterocycles. The molecule has 2 N–H and O–H groups in total. The van der Waals surface area contributed by atoms with E-state index < -0.39 is 0 Å². The van der Waals surface area contributed by atoms with Gasteiger partial charge in [-0.15, -0.1) is 0 Å². The number of aryl methyl sites for hydroxylation is 1. The predicted octanol–water partition coefficient (Wildman–Crippen LogP) is 3.22. The largest absolute Gasteiger partial charge is 0.489 e. The molecule has 0 fully saturated rings. The van der Waals surface area contributed by atoms with Gasteiger partial charge in [0.05, 0.1) is 0 Å². The van der Waals surface area contributed by atoms with Crippen molar-refractivity contribution >= 4 is 5.91 Å². The van der Waals surface area contributed by atoms with Crippen molar-refractivity contribution in [2.45, 2.75) is 20.0 Å². The van der Waals surface area contributed by atoms with Gasteiger partial charge in [0.25, 0.3) is 5.91 Å². The van der Waals surface area contributed by atoms with Crippen LogP contribution in [0.15, 0.2) is 60.2 Å². The molecule has 0 atom stereocenters. The first-order chi connectivity index (χ1) is 12.2. The molecule has 0 spiro atoms. The predicted molar refractivity (Wildman–Crippen MR) is 99.9 cm³/mol. The van der Waals surface area contributed by atoms with Gasteiger partial charge < -0.3 is 15.4 Å². The minimum atomic E-state index is -0.0690. The smallest absolute Gasteiger partial charge is 0.251 e. The van der Waals surface area contributed by atoms with E-state index in [0.717, 1.165) is 25.1 Å². The second kappa shape index (κ2) is 8.49. The average Bonchev–Trinajstić information content (AvgIpc) is 2.65. The summed E-state index contributed by atoms with van der Waals surface area (Å²) in [5, 5.41) is 6.25. The van der Waals surface area contributed by atoms with Gasteiger partial charge in [-0.2, -0.15) is 0 Å². The van der Waals surface area contributed by atoms with E-state index >= 15 is 0 Å². The molecule has 0 aromatic heterocycles. The van der Waals surface area contributed by atoms with Gasteiger partial charge in [0, 0.05) is 18.7 Å². The lowest BCUT2D eigenvalue weighted by atomic mass is 10.1. The Morgan fingerprint density at radius 1 is 1.20 bits per heavy atom. The van der Waals surface area contributed by atoms with Crippen molar-refractivity contribution < 1.29 is 9.53 Å². The van der Waals surface area contributed by atoms with Crippen molar-refractivity contribution in [1.29, 1.82) is 0 Å². The first kappa shape index (κ1) is 17.2. The molecule has 2 aromatic rings. The Morgan fingerprint density at radius 2 is 2.08 bits per heavy atom. The van der Waals surface area contributed by atoms with Crippen LogP contribution in [-0.4, -0.2) is 25.5 Å². The van der Waals surface area contributed by atoms with Gasteiger partial charge in [-0.25, -0.2) is 0 Å². The SMILES string of the molecule is Cc1cccc(COc2cccc(C(=O)NCC3=CCNCC3)c2)c1. The third kappa shape index (κ3) is 5.19. The highest BCUT2D eigenvalue weighted by Gasteiger charge is 2.09. The zero-order valence-electron chi connectivity index (χ0n) is 14.5. The van der Waals surface area contributed by atoms with Crippen molar-refractivity contribution in [2.75, 3.05) is 19.6 Å². The van der Waals surface area contributed by atoms with Crippen LogP contribution in [0.3, 0.4) is 0 Å². The number of benzene rings is 2. The van der Waals surface area contributed by atoms with Crippen LogP contribution < -0.4 is 15.4 Å². The fraction of sp³-hybridized carbons (Fsp3) is 0.286. The fourth-order valence-electron chi connectivity index (χ4n) is 2.82. The molecule has 0 saturated heterocycles. The molecule has 0 bridgehead atoms. The van der Waals surface area contributed by atoms with E-state index in [0.29, 0.717) is 24.5 Å². The quantitative estimate of drug-likeness (QED) is 0.797. The number of ether oxygens (including phenoxy) is 1. The Bertz CT molecular complexity index is 768. The van der Waals surface area contributed by atoms with Crippen LogP contribution in [-0.2, 0) is 6.61 Å². The van der Waals surface area contributed by atoms with Crippen LogP contribution in [0.2, 0.25) is 0 Å². The number of amides is 1. The lowest BCUT2D eigenvalue weighted by molar-refractivity contribution is 0.0956. The van der Waals surface area contributed by atoms with Crippen LogP contribution in [0.4, 0.5) is 0 Å². The normalized spacial score (nSPS) is 13.9. The summed E-state index contributed by atoms with van der Waals surface area (Å²) in [4.78, 5) is 12.3. The molecule has 3 rings (SSSR count). The van der Waals surface area contributed by atoms with E-state index in [1.54, 1.807) is 6.07 Å². The van der Waals surface area contributed by atoms with Crippen molar-refractivity contribution in [3.63, 3.8) is 0 Å². The van der Waals surface area contributed by atoms with Crippen LogP contribution in [0, 0.1) is 6.92 Å². The minimum absolute atomic E-state index is 0.0690. The summed E-state index contributed by atoms with van der Waals surface area (Å²) in [6.07, 6.45) is 3.13. The third-order valence-electron chi connectivity index (χ3n) is 4.22. The van der Waals surface area contributed by atoms with Gasteiger partial charge in [0.15, 0.2) is 0 Å². The number of carbonyl (C=O) groups is 1. The van der Waals surface area contributed by atoms with E-state index in [9.17, 15) is 4.79 Å². The van der Waals surface area contributed by atoms with Crippen LogP contribution >= 0.6 is 0 Å². The molecule has 1 heterocycles. The summed E-state index contributed by atoms with van der Waals surface area (Å²) in [7, 11) is 0. The maximum Gasteiger partial charge on any atom is 0.251 e. The van der Waals surface area contributed by atoms with E-state index in [-0.39, 0.29) is 5.91 Å². The fourth-order valence-corrected chi connectivity index (χ4v) is 2.82. The maximum absolute atomic E-state index is 12.3. The molecule has 130 valence electrons. The Morgan fingerprint density at radius 3 is 2.88 bits per heavy atom. The topological polar surface area (TPSA) is 50.4 Å². The monoisotopic (exact) mass is 336 g/mol. The first-order valence-electron chi connectivity index (χ1n) is 8.66. The number of hydrogen-bond donors (Lipinski definition) is 2. The van der Waals surface area contributed by atoms with Crippen molar-refractivity contribution in [1.82, 2.24) is 10.6 Å². The highest BCUT2D eigenvalue weighted by atomic mass is 16.5. The summed E-state index contributed by atoms with van der Waals surface area (Å²) in [6, 6.07) is 15.6. The lowest BCUT2D eigenvalue weighted by Crippen LogP contribution is -2.29. The number of hydrogen-bond acceptors (Lipinski definition) is 3. The van der Waals surface area contributed by atoms with Crippen LogP contribution in [0.5, 0.6) is 5.75 Å². The zero-order valence-corrected chi connectivity index (χ0v) is 14.5. The minimum Gasteiger partial charge on any atom is -0.489 e. The van der Waals surface area contributed by atoms with E-state index in [1.807, 2.05) is 30.3 Å². The summed E-state index contributed by atoms with van der Waals surface area (Å²) in [5.41, 5.74) is 4.23. The lowest BCUT2D eigenvalue weighted by Gasteiger charge is -2.15. The van der Waals surface area contributed by atoms with E-state index in [4.69, 9.17) is 4.74 Å². The highest BCUT2D eigenvalue weighted by Crippen LogP contribution is 2.16. The number of carbonyl (C=O) groups excluding carboxylic acids is 1. The Balaban J connectivity index is 1.56. The van der Waals surface area contributed by atoms with Gasteiger partial charge >= 0.3 is 0 Å². The molecular weight excluding hydrogens is 312 g/mol. The van der Waals surface area contributed by atoms with Gasteiger partial charge in [0.2, 0.25) is 0 Å². The molecule has 2 aromatic carbocycles. The molecule has 25 heavy (non-hydrogen) atoms. The molecule has 1 amide bonds. The van der Waals surface area contributed by atoms with Crippen LogP contribution in [0.1, 0.15) is 27.9 Å². The molecule has 1 aliphatic rings. The summed E-state index contributed by atoms with van der Waals surface area (Å²) in [5.74, 6) is 0.635. The Labute approximate surface area is 148 Å². The summed E-state index contributed by atoms with van der Waals surface area (Å²) >= 11 is 0. The Kier molecular flexibility index (Phi) is 5.86. The summed E-state index contributed by atoms with van der Waals surface area (Å²) in [6.45, 7) is 5.02. The third-order valence-corrected chi connectivity index (χ3v) is 4.22. The molecule has 4 nitrogen and oxygen atoms in total. The van der Waals surface area contributed by atoms with E-state index in [2.05, 4.69) is 35.8 Å². The van der Waals surface area contributed by atoms with Gasteiger partial charge in [-0.05, 0) is 43.7 Å². The first-order valence-corrected chi connectivity index (χ1v) is 8.66. The number of nitrogens with one attached hydrogen (secondary N) is 2. The highest BCUT2D eigenvalue weighted by molar-refractivity contribution is 5.94. The second-order valence-electron chi connectivity index (χ2n) is 6.30. The molecule has 0 aliphatic carbocycles. The van der Waals surface area contributed by atoms with Crippen molar-refractivity contribution in [3.05, 3.63) is 76.9 Å². The zero-order chi connectivity index (χ0) is 17.5. The number of rotatable bonds is 6. The van der Waals surface area contributed by atoms with Crippen molar-refractivity contribution in [2.24, 2.45) is 0 Å². The Hall–Kier alpha value is -2.59. The van der Waals surface area contributed by atoms with E-state index in [1.165, 1.54) is 11.1 Å². The molecule has 4 heteroatoms. The van der Waals surface area contributed by atoms with Crippen LogP contribution in [0.25, 0.3) is 0 Å². The second-order valence-corrected chi connectivity index (χ2v) is 6.30. The maximum atomic E-state index is 12.3. The van der Waals surface area contributed by atoms with Gasteiger partial charge in [-0.1, -0.05) is 47.5 Å². The molecule has 0 saturated carbocycles. The molecule has 0 unspecified atom stereocenters. The van der Waals surface area contributed by atoms with Crippen molar-refractivity contribution in [3.8, 4) is 5.75 Å². The standard InChI is InChI=1S/C21H24N2O2/c1-16-4-2-5-18(12-16)15-25-20-7-3-6-19(13-20)21(24)23-14-17-8-10-22-11-9-17/h2-8,12-13,22H,9-11,14-15H2,1H3,(H,23,24). The van der Waals surface area contributed by atoms with Gasteiger partial charge in [0.1, 0.15) is 12.4 Å².